The highest BCUT2D eigenvalue weighted by molar-refractivity contribution is 7.99. The quantitative estimate of drug-likeness (QED) is 0.722. The van der Waals surface area contributed by atoms with E-state index in [0.717, 1.165) is 11.3 Å². The first-order valence-corrected chi connectivity index (χ1v) is 10.3. The molecule has 27 heavy (non-hydrogen) atoms. The van der Waals surface area contributed by atoms with E-state index in [1.165, 1.54) is 11.1 Å². The molecular weight excluding hydrogens is 380 g/mol. The first-order chi connectivity index (χ1) is 12.9. The van der Waals surface area contributed by atoms with Crippen molar-refractivity contribution < 1.29 is 9.59 Å². The van der Waals surface area contributed by atoms with Crippen molar-refractivity contribution in [3.05, 3.63) is 70.2 Å². The molecule has 0 aliphatic carbocycles. The van der Waals surface area contributed by atoms with E-state index in [2.05, 4.69) is 24.4 Å². The molecule has 2 amide bonds. The molecule has 0 aromatic heterocycles. The lowest BCUT2D eigenvalue weighted by atomic mass is 10.1. The summed E-state index contributed by atoms with van der Waals surface area (Å²) in [5.74, 6) is 0.853. The van der Waals surface area contributed by atoms with Crippen LogP contribution in [0.15, 0.2) is 48.5 Å². The summed E-state index contributed by atoms with van der Waals surface area (Å²) in [7, 11) is 1.58. The standard InChI is InChI=1S/C21H25ClN2O2S/c1-15-6-4-5-7-18(15)13-27-14-20(25)24(16(2)21(26)23-3)12-17-8-10-19(22)11-9-17/h4-11,16H,12-14H2,1-3H3,(H,23,26)/t16-/m1/s1. The molecule has 2 aromatic carbocycles. The fourth-order valence-corrected chi connectivity index (χ4v) is 3.79. The molecule has 0 bridgehead atoms. The zero-order chi connectivity index (χ0) is 19.8. The summed E-state index contributed by atoms with van der Waals surface area (Å²) >= 11 is 7.50. The number of carbonyl (C=O) groups excluding carboxylic acids is 2. The number of benzene rings is 2. The van der Waals surface area contributed by atoms with Crippen LogP contribution in [0.5, 0.6) is 0 Å². The van der Waals surface area contributed by atoms with Crippen molar-refractivity contribution in [3.8, 4) is 0 Å². The van der Waals surface area contributed by atoms with Crippen LogP contribution in [-0.4, -0.2) is 35.6 Å². The van der Waals surface area contributed by atoms with Gasteiger partial charge in [0, 0.05) is 24.4 Å². The van der Waals surface area contributed by atoms with Gasteiger partial charge in [0.05, 0.1) is 5.75 Å². The van der Waals surface area contributed by atoms with Crippen LogP contribution in [0.2, 0.25) is 5.02 Å². The van der Waals surface area contributed by atoms with E-state index in [4.69, 9.17) is 11.6 Å². The second-order valence-corrected chi connectivity index (χ2v) is 7.78. The van der Waals surface area contributed by atoms with Crippen LogP contribution in [-0.2, 0) is 21.9 Å². The molecule has 2 rings (SSSR count). The zero-order valence-electron chi connectivity index (χ0n) is 15.9. The van der Waals surface area contributed by atoms with Gasteiger partial charge < -0.3 is 10.2 Å². The highest BCUT2D eigenvalue weighted by atomic mass is 35.5. The van der Waals surface area contributed by atoms with Gasteiger partial charge in [0.1, 0.15) is 6.04 Å². The average Bonchev–Trinajstić information content (AvgIpc) is 2.67. The van der Waals surface area contributed by atoms with E-state index >= 15 is 0 Å². The summed E-state index contributed by atoms with van der Waals surface area (Å²) in [6.07, 6.45) is 0. The lowest BCUT2D eigenvalue weighted by molar-refractivity contribution is -0.138. The van der Waals surface area contributed by atoms with E-state index in [1.54, 1.807) is 42.8 Å². The van der Waals surface area contributed by atoms with Gasteiger partial charge in [-0.2, -0.15) is 0 Å². The summed E-state index contributed by atoms with van der Waals surface area (Å²) < 4.78 is 0. The fraction of sp³-hybridized carbons (Fsp3) is 0.333. The predicted molar refractivity (Wildman–Crippen MR) is 113 cm³/mol. The fourth-order valence-electron chi connectivity index (χ4n) is 2.68. The van der Waals surface area contributed by atoms with Crippen LogP contribution in [0, 0.1) is 6.92 Å². The third-order valence-electron chi connectivity index (χ3n) is 4.42. The van der Waals surface area contributed by atoms with Crippen molar-refractivity contribution in [1.29, 1.82) is 0 Å². The van der Waals surface area contributed by atoms with Crippen molar-refractivity contribution in [2.45, 2.75) is 32.2 Å². The van der Waals surface area contributed by atoms with Crippen molar-refractivity contribution >= 4 is 35.2 Å². The molecule has 0 aliphatic heterocycles. The summed E-state index contributed by atoms with van der Waals surface area (Å²) in [6.45, 7) is 4.19. The molecule has 144 valence electrons. The van der Waals surface area contributed by atoms with Crippen molar-refractivity contribution in [3.63, 3.8) is 0 Å². The number of nitrogens with zero attached hydrogens (tertiary/aromatic N) is 1. The Hall–Kier alpha value is -1.98. The molecule has 0 saturated heterocycles. The number of carbonyl (C=O) groups is 2. The lowest BCUT2D eigenvalue weighted by Crippen LogP contribution is -2.47. The summed E-state index contributed by atoms with van der Waals surface area (Å²) in [4.78, 5) is 26.6. The van der Waals surface area contributed by atoms with Gasteiger partial charge in [0.15, 0.2) is 0 Å². The SMILES string of the molecule is CNC(=O)[C@@H](C)N(Cc1ccc(Cl)cc1)C(=O)CSCc1ccccc1C. The summed E-state index contributed by atoms with van der Waals surface area (Å²) in [5.41, 5.74) is 3.38. The number of likely N-dealkylation sites (N-methyl/N-ethyl adjacent to an activating group) is 1. The highest BCUT2D eigenvalue weighted by Gasteiger charge is 2.25. The van der Waals surface area contributed by atoms with Gasteiger partial charge in [0.25, 0.3) is 0 Å². The number of halogens is 1. The first kappa shape index (κ1) is 21.3. The molecule has 0 unspecified atom stereocenters. The van der Waals surface area contributed by atoms with Gasteiger partial charge in [-0.15, -0.1) is 11.8 Å². The Morgan fingerprint density at radius 2 is 1.81 bits per heavy atom. The van der Waals surface area contributed by atoms with Gasteiger partial charge in [0.2, 0.25) is 11.8 Å². The predicted octanol–water partition coefficient (Wildman–Crippen LogP) is 4.04. The second-order valence-electron chi connectivity index (χ2n) is 6.36. The molecule has 6 heteroatoms. The molecule has 4 nitrogen and oxygen atoms in total. The highest BCUT2D eigenvalue weighted by Crippen LogP contribution is 2.18. The van der Waals surface area contributed by atoms with Crippen LogP contribution >= 0.6 is 23.4 Å². The van der Waals surface area contributed by atoms with Crippen LogP contribution < -0.4 is 5.32 Å². The number of aryl methyl sites for hydroxylation is 1. The van der Waals surface area contributed by atoms with Crippen LogP contribution in [0.1, 0.15) is 23.6 Å². The van der Waals surface area contributed by atoms with Crippen LogP contribution in [0.4, 0.5) is 0 Å². The number of nitrogens with one attached hydrogen (secondary N) is 1. The zero-order valence-corrected chi connectivity index (χ0v) is 17.4. The van der Waals surface area contributed by atoms with E-state index in [9.17, 15) is 9.59 Å². The Morgan fingerprint density at radius 3 is 2.44 bits per heavy atom. The molecule has 1 atom stereocenters. The topological polar surface area (TPSA) is 49.4 Å². The van der Waals surface area contributed by atoms with Crippen LogP contribution in [0.3, 0.4) is 0 Å². The largest absolute Gasteiger partial charge is 0.357 e. The minimum absolute atomic E-state index is 0.0559. The Labute approximate surface area is 170 Å². The maximum atomic E-state index is 12.9. The lowest BCUT2D eigenvalue weighted by Gasteiger charge is -2.28. The third-order valence-corrected chi connectivity index (χ3v) is 5.64. The molecule has 0 saturated carbocycles. The number of hydrogen-bond donors (Lipinski definition) is 1. The molecule has 0 heterocycles. The maximum Gasteiger partial charge on any atom is 0.242 e. The number of hydrogen-bond acceptors (Lipinski definition) is 3. The maximum absolute atomic E-state index is 12.9. The Kier molecular flexibility index (Phi) is 8.20. The Bertz CT molecular complexity index is 780. The van der Waals surface area contributed by atoms with Gasteiger partial charge in [-0.05, 0) is 42.7 Å². The van der Waals surface area contributed by atoms with E-state index in [1.807, 2.05) is 24.3 Å². The normalized spacial score (nSPS) is 11.7. The Balaban J connectivity index is 2.04. The Morgan fingerprint density at radius 1 is 1.15 bits per heavy atom. The number of thioether (sulfide) groups is 1. The van der Waals surface area contributed by atoms with Crippen molar-refractivity contribution in [2.75, 3.05) is 12.8 Å². The monoisotopic (exact) mass is 404 g/mol. The van der Waals surface area contributed by atoms with Crippen molar-refractivity contribution in [1.82, 2.24) is 10.2 Å². The molecule has 2 aromatic rings. The summed E-state index contributed by atoms with van der Waals surface area (Å²) in [6, 6.07) is 14.9. The average molecular weight is 405 g/mol. The summed E-state index contributed by atoms with van der Waals surface area (Å²) in [5, 5.41) is 3.27. The van der Waals surface area contributed by atoms with Gasteiger partial charge >= 0.3 is 0 Å². The third kappa shape index (κ3) is 6.29. The smallest absolute Gasteiger partial charge is 0.242 e. The van der Waals surface area contributed by atoms with E-state index in [0.29, 0.717) is 17.3 Å². The molecule has 0 spiro atoms. The number of amides is 2. The van der Waals surface area contributed by atoms with E-state index in [-0.39, 0.29) is 11.8 Å². The van der Waals surface area contributed by atoms with Gasteiger partial charge in [-0.3, -0.25) is 9.59 Å². The molecule has 0 fully saturated rings. The van der Waals surface area contributed by atoms with Crippen LogP contribution in [0.25, 0.3) is 0 Å². The van der Waals surface area contributed by atoms with E-state index < -0.39 is 6.04 Å². The first-order valence-electron chi connectivity index (χ1n) is 8.80. The molecular formula is C21H25ClN2O2S. The van der Waals surface area contributed by atoms with Gasteiger partial charge in [-0.1, -0.05) is 48.0 Å². The number of rotatable bonds is 8. The minimum Gasteiger partial charge on any atom is -0.357 e. The second kappa shape index (κ2) is 10.4. The minimum atomic E-state index is -0.544. The molecule has 0 aliphatic rings. The molecule has 1 N–H and O–H groups in total. The molecule has 0 radical (unpaired) electrons. The van der Waals surface area contributed by atoms with Crippen molar-refractivity contribution in [2.24, 2.45) is 0 Å². The van der Waals surface area contributed by atoms with Gasteiger partial charge in [-0.25, -0.2) is 0 Å².